The van der Waals surface area contributed by atoms with Gasteiger partial charge in [-0.2, -0.15) is 0 Å². The smallest absolute Gasteiger partial charge is 0.239 e. The van der Waals surface area contributed by atoms with Crippen molar-refractivity contribution in [3.8, 4) is 0 Å². The Balaban J connectivity index is 2.15. The predicted octanol–water partition coefficient (Wildman–Crippen LogP) is 1.78. The number of carbonyl (C=O) groups excluding carboxylic acids is 1. The molecule has 5 heteroatoms. The molecule has 4 nitrogen and oxygen atoms in total. The number of amides is 1. The highest BCUT2D eigenvalue weighted by molar-refractivity contribution is 6.30. The third kappa shape index (κ3) is 3.85. The Bertz CT molecular complexity index is 450. The first-order chi connectivity index (χ1) is 9.20. The van der Waals surface area contributed by atoms with Crippen LogP contribution < -0.4 is 15.5 Å². The van der Waals surface area contributed by atoms with Gasteiger partial charge in [-0.3, -0.25) is 4.79 Å². The summed E-state index contributed by atoms with van der Waals surface area (Å²) in [4.78, 5) is 13.6. The first-order valence-corrected chi connectivity index (χ1v) is 7.09. The number of hydrogen-bond donors (Lipinski definition) is 2. The molecule has 0 spiro atoms. The molecule has 19 heavy (non-hydrogen) atoms. The molecule has 1 aromatic carbocycles. The number of halogens is 1. The van der Waals surface area contributed by atoms with E-state index < -0.39 is 0 Å². The molecule has 1 fully saturated rings. The van der Waals surface area contributed by atoms with E-state index in [1.54, 1.807) is 0 Å². The van der Waals surface area contributed by atoms with E-state index in [0.29, 0.717) is 13.1 Å². The van der Waals surface area contributed by atoms with Crippen LogP contribution in [-0.2, 0) is 11.3 Å². The molecule has 2 N–H and O–H groups in total. The van der Waals surface area contributed by atoms with Gasteiger partial charge in [-0.15, -0.1) is 0 Å². The van der Waals surface area contributed by atoms with Crippen molar-refractivity contribution in [3.63, 3.8) is 0 Å². The molecule has 1 saturated heterocycles. The zero-order valence-electron chi connectivity index (χ0n) is 11.2. The lowest BCUT2D eigenvalue weighted by Crippen LogP contribution is -2.48. The summed E-state index contributed by atoms with van der Waals surface area (Å²) in [6, 6.07) is 5.86. The lowest BCUT2D eigenvalue weighted by atomic mass is 10.1. The van der Waals surface area contributed by atoms with Crippen molar-refractivity contribution >= 4 is 23.2 Å². The molecule has 1 amide bonds. The zero-order valence-corrected chi connectivity index (χ0v) is 12.0. The van der Waals surface area contributed by atoms with Gasteiger partial charge in [-0.25, -0.2) is 0 Å². The van der Waals surface area contributed by atoms with E-state index >= 15 is 0 Å². The summed E-state index contributed by atoms with van der Waals surface area (Å²) in [7, 11) is 0. The largest absolute Gasteiger partial charge is 0.360 e. The maximum absolute atomic E-state index is 11.5. The van der Waals surface area contributed by atoms with E-state index in [4.69, 9.17) is 11.6 Å². The third-order valence-corrected chi connectivity index (χ3v) is 3.40. The predicted molar refractivity (Wildman–Crippen MR) is 78.7 cm³/mol. The van der Waals surface area contributed by atoms with Crippen LogP contribution in [0.5, 0.6) is 0 Å². The van der Waals surface area contributed by atoms with E-state index in [9.17, 15) is 4.79 Å². The van der Waals surface area contributed by atoms with Gasteiger partial charge in [0.1, 0.15) is 0 Å². The van der Waals surface area contributed by atoms with Gasteiger partial charge in [0.2, 0.25) is 5.91 Å². The standard InChI is InChI=1S/C14H20ClN3O/c1-2-5-16-9-11-8-12(15)3-4-13(11)18-7-6-17-14(19)10-18/h3-4,8,16H,2,5-7,9-10H2,1H3,(H,17,19). The van der Waals surface area contributed by atoms with Crippen molar-refractivity contribution in [2.75, 3.05) is 31.1 Å². The first kappa shape index (κ1) is 14.2. The van der Waals surface area contributed by atoms with Crippen LogP contribution in [0.2, 0.25) is 5.02 Å². The lowest BCUT2D eigenvalue weighted by Gasteiger charge is -2.30. The topological polar surface area (TPSA) is 44.4 Å². The summed E-state index contributed by atoms with van der Waals surface area (Å²) < 4.78 is 0. The Labute approximate surface area is 119 Å². The molecule has 0 atom stereocenters. The summed E-state index contributed by atoms with van der Waals surface area (Å²) in [6.07, 6.45) is 1.10. The molecule has 2 rings (SSSR count). The summed E-state index contributed by atoms with van der Waals surface area (Å²) in [5.41, 5.74) is 2.25. The van der Waals surface area contributed by atoms with E-state index in [1.807, 2.05) is 18.2 Å². The highest BCUT2D eigenvalue weighted by Crippen LogP contribution is 2.24. The second kappa shape index (κ2) is 6.78. The molecule has 0 aromatic heterocycles. The molecule has 1 aliphatic rings. The minimum atomic E-state index is 0.0775. The van der Waals surface area contributed by atoms with E-state index in [-0.39, 0.29) is 5.91 Å². The second-order valence-electron chi connectivity index (χ2n) is 4.72. The van der Waals surface area contributed by atoms with Crippen molar-refractivity contribution in [2.24, 2.45) is 0 Å². The van der Waals surface area contributed by atoms with Crippen LogP contribution in [0.15, 0.2) is 18.2 Å². The Morgan fingerprint density at radius 1 is 1.47 bits per heavy atom. The molecule has 0 radical (unpaired) electrons. The fourth-order valence-electron chi connectivity index (χ4n) is 2.25. The SMILES string of the molecule is CCCNCc1cc(Cl)ccc1N1CCNC(=O)C1. The van der Waals surface area contributed by atoms with Crippen LogP contribution >= 0.6 is 11.6 Å². The second-order valence-corrected chi connectivity index (χ2v) is 5.16. The Morgan fingerprint density at radius 2 is 2.32 bits per heavy atom. The number of anilines is 1. The Morgan fingerprint density at radius 3 is 3.05 bits per heavy atom. The fraction of sp³-hybridized carbons (Fsp3) is 0.500. The molecular formula is C14H20ClN3O. The summed E-state index contributed by atoms with van der Waals surface area (Å²) in [5.74, 6) is 0.0775. The van der Waals surface area contributed by atoms with Crippen molar-refractivity contribution in [1.82, 2.24) is 10.6 Å². The Hall–Kier alpha value is -1.26. The van der Waals surface area contributed by atoms with Gasteiger partial charge in [0.25, 0.3) is 0 Å². The van der Waals surface area contributed by atoms with Gasteiger partial charge in [0, 0.05) is 30.3 Å². The van der Waals surface area contributed by atoms with Crippen LogP contribution in [0.25, 0.3) is 0 Å². The normalized spacial score (nSPS) is 15.5. The van der Waals surface area contributed by atoms with Crippen molar-refractivity contribution in [2.45, 2.75) is 19.9 Å². The Kier molecular flexibility index (Phi) is 5.05. The van der Waals surface area contributed by atoms with Crippen LogP contribution in [0.3, 0.4) is 0 Å². The summed E-state index contributed by atoms with van der Waals surface area (Å²) >= 11 is 6.07. The number of hydrogen-bond acceptors (Lipinski definition) is 3. The first-order valence-electron chi connectivity index (χ1n) is 6.71. The highest BCUT2D eigenvalue weighted by Gasteiger charge is 2.18. The average molecular weight is 282 g/mol. The molecule has 1 aliphatic heterocycles. The quantitative estimate of drug-likeness (QED) is 0.809. The number of piperazine rings is 1. The van der Waals surface area contributed by atoms with Crippen molar-refractivity contribution in [1.29, 1.82) is 0 Å². The van der Waals surface area contributed by atoms with E-state index in [1.165, 1.54) is 0 Å². The molecule has 0 unspecified atom stereocenters. The molecule has 0 aliphatic carbocycles. The van der Waals surface area contributed by atoms with E-state index in [0.717, 1.165) is 42.3 Å². The average Bonchev–Trinajstić information content (AvgIpc) is 2.39. The number of carbonyl (C=O) groups is 1. The molecule has 1 heterocycles. The van der Waals surface area contributed by atoms with Crippen LogP contribution in [0.1, 0.15) is 18.9 Å². The van der Waals surface area contributed by atoms with Crippen molar-refractivity contribution < 1.29 is 4.79 Å². The zero-order chi connectivity index (χ0) is 13.7. The number of benzene rings is 1. The van der Waals surface area contributed by atoms with Crippen LogP contribution in [-0.4, -0.2) is 32.1 Å². The summed E-state index contributed by atoms with van der Waals surface area (Å²) in [5, 5.41) is 6.96. The van der Waals surface area contributed by atoms with Gasteiger partial charge in [-0.05, 0) is 36.7 Å². The number of nitrogens with one attached hydrogen (secondary N) is 2. The van der Waals surface area contributed by atoms with Gasteiger partial charge in [-0.1, -0.05) is 18.5 Å². The maximum atomic E-state index is 11.5. The third-order valence-electron chi connectivity index (χ3n) is 3.16. The van der Waals surface area contributed by atoms with Crippen LogP contribution in [0.4, 0.5) is 5.69 Å². The van der Waals surface area contributed by atoms with Gasteiger partial charge in [0.05, 0.1) is 6.54 Å². The highest BCUT2D eigenvalue weighted by atomic mass is 35.5. The minimum absolute atomic E-state index is 0.0775. The molecular weight excluding hydrogens is 262 g/mol. The van der Waals surface area contributed by atoms with E-state index in [2.05, 4.69) is 22.5 Å². The summed E-state index contributed by atoms with van der Waals surface area (Å²) in [6.45, 7) is 5.86. The monoisotopic (exact) mass is 281 g/mol. The molecule has 1 aromatic rings. The van der Waals surface area contributed by atoms with Crippen molar-refractivity contribution in [3.05, 3.63) is 28.8 Å². The molecule has 0 saturated carbocycles. The van der Waals surface area contributed by atoms with Gasteiger partial charge in [0.15, 0.2) is 0 Å². The molecule has 104 valence electrons. The van der Waals surface area contributed by atoms with Gasteiger partial charge < -0.3 is 15.5 Å². The number of nitrogens with zero attached hydrogens (tertiary/aromatic N) is 1. The lowest BCUT2D eigenvalue weighted by molar-refractivity contribution is -0.120. The minimum Gasteiger partial charge on any atom is -0.360 e. The maximum Gasteiger partial charge on any atom is 0.239 e. The molecule has 0 bridgehead atoms. The van der Waals surface area contributed by atoms with Gasteiger partial charge >= 0.3 is 0 Å². The number of rotatable bonds is 5. The van der Waals surface area contributed by atoms with Crippen LogP contribution in [0, 0.1) is 0 Å². The fourth-order valence-corrected chi connectivity index (χ4v) is 2.44.